The number of ether oxygens (including phenoxy) is 14. The monoisotopic (exact) mass is 1740 g/mol. The van der Waals surface area contributed by atoms with Crippen molar-refractivity contribution in [2.75, 3.05) is 32.8 Å². The number of alkyl carbamates (subject to hydrolysis) is 2. The number of aliphatic hydroxyl groups excluding tert-OH is 2. The third-order valence-corrected chi connectivity index (χ3v) is 27.8. The van der Waals surface area contributed by atoms with Gasteiger partial charge >= 0.3 is 48.0 Å². The largest absolute Gasteiger partial charge is 0.456 e. The van der Waals surface area contributed by atoms with Gasteiger partial charge in [-0.05, 0) is 165 Å². The number of hydrogen-bond donors (Lipinski definition) is 7. The number of benzene rings is 2. The zero-order chi connectivity index (χ0) is 90.6. The summed E-state index contributed by atoms with van der Waals surface area (Å²) in [5, 5.41) is 67.0. The number of carbonyl (C=O) groups is 8. The van der Waals surface area contributed by atoms with Crippen LogP contribution in [0.1, 0.15) is 200 Å². The van der Waals surface area contributed by atoms with E-state index in [1.807, 2.05) is 46.4 Å². The quantitative estimate of drug-likeness (QED) is 0.0261. The molecule has 4 bridgehead atoms. The molecule has 4 aromatic rings. The first kappa shape index (κ1) is 92.0. The van der Waals surface area contributed by atoms with Crippen LogP contribution in [0.2, 0.25) is 0 Å². The summed E-state index contributed by atoms with van der Waals surface area (Å²) in [4.78, 5) is 121. The summed E-state index contributed by atoms with van der Waals surface area (Å²) in [6.07, 6.45) is -11.9. The molecule has 7 N–H and O–H groups in total. The molecule has 11 aliphatic rings. The molecule has 5 aliphatic heterocycles. The predicted octanol–water partition coefficient (Wildman–Crippen LogP) is 8.98. The lowest BCUT2D eigenvalue weighted by atomic mass is 9.45. The van der Waals surface area contributed by atoms with Crippen LogP contribution < -0.4 is 10.6 Å². The predicted molar refractivity (Wildman–Crippen MR) is 442 cm³/mol. The molecule has 0 radical (unpaired) electrons. The molecule has 2 aromatic heterocycles. The number of rotatable bonds is 19. The first-order chi connectivity index (χ1) is 58.6. The molecule has 2 amide bonds. The van der Waals surface area contributed by atoms with Gasteiger partial charge in [0.2, 0.25) is 0 Å². The molecule has 32 heteroatoms. The van der Waals surface area contributed by atoms with Crippen LogP contribution in [-0.4, -0.2) is 246 Å². The first-order valence-electron chi connectivity index (χ1n) is 42.8. The summed E-state index contributed by atoms with van der Waals surface area (Å²) in [6, 6.07) is 23.5. The number of esters is 6. The fourth-order valence-corrected chi connectivity index (χ4v) is 22.1. The summed E-state index contributed by atoms with van der Waals surface area (Å²) in [7, 11) is 0. The second kappa shape index (κ2) is 33.8. The van der Waals surface area contributed by atoms with E-state index in [9.17, 15) is 63.9 Å². The molecule has 0 unspecified atom stereocenters. The van der Waals surface area contributed by atoms with Crippen molar-refractivity contribution in [3.05, 3.63) is 167 Å². The van der Waals surface area contributed by atoms with E-state index in [1.165, 1.54) is 44.4 Å². The maximum Gasteiger partial charge on any atom is 0.408 e. The number of hydrogen-bond acceptors (Lipinski definition) is 30. The van der Waals surface area contributed by atoms with Gasteiger partial charge in [0.15, 0.2) is 36.0 Å². The molecule has 0 spiro atoms. The van der Waals surface area contributed by atoms with E-state index in [0.29, 0.717) is 67.6 Å². The Labute approximate surface area is 727 Å². The molecule has 24 atom stereocenters. The van der Waals surface area contributed by atoms with Crippen LogP contribution >= 0.6 is 0 Å². The van der Waals surface area contributed by atoms with Crippen molar-refractivity contribution in [3.63, 3.8) is 0 Å². The van der Waals surface area contributed by atoms with Crippen LogP contribution in [0.25, 0.3) is 0 Å². The topological polar surface area (TPSA) is 420 Å². The van der Waals surface area contributed by atoms with Gasteiger partial charge in [-0.3, -0.25) is 24.5 Å². The van der Waals surface area contributed by atoms with Gasteiger partial charge in [0.25, 0.3) is 0 Å². The van der Waals surface area contributed by atoms with Gasteiger partial charge in [-0.2, -0.15) is 0 Å². The molecule has 4 saturated carbocycles. The third-order valence-electron chi connectivity index (χ3n) is 27.8. The van der Waals surface area contributed by atoms with Crippen LogP contribution in [0.3, 0.4) is 0 Å². The van der Waals surface area contributed by atoms with E-state index in [4.69, 9.17) is 66.3 Å². The highest BCUT2D eigenvalue weighted by molar-refractivity contribution is 5.90. The number of amides is 2. The van der Waals surface area contributed by atoms with Gasteiger partial charge in [-0.1, -0.05) is 96.7 Å². The number of likely N-dealkylation sites (tertiary alicyclic amines) is 1. The van der Waals surface area contributed by atoms with E-state index < -0.39 is 219 Å². The van der Waals surface area contributed by atoms with Crippen LogP contribution in [0.4, 0.5) is 9.59 Å². The SMILES string of the molecule is C=C[C@@H]1O[C@@H]2C3=C(C)[C@@H](OC(=O)[C@H](O)[C@@H](NC(=O)OC(C)(C)C)c4ccccn4)C[C@@](O)([C@@H](OC(=O)c4ccccc4)[C@H]4[C@@](C)(CC[C@H]5OC[C@]54OC(C)=O)[C@@H]2O1)C3(C)C.CC(=O)O[C@@]12CO[C@@H]1CC[C@@]1(C)[C@@H]3O[C@H](CN4CC(C)(O)C4)O[C@@H]3C3=C(C)[C@@H](OC(=O)[C@H](O)[C@@H](NC(=O)OC(C)(C)C)c4ccccn4)C[C@@](O)([C@@H](OC(=O)c4ccccc4)[C@@H]12)C3(C)C. The Morgan fingerprint density at radius 1 is 0.552 bits per heavy atom. The standard InChI is InChI=1S/C48H63N3O14.C45H56N2O13/c1-26-30(60-41(55)35(53)34(29-17-13-14-20-49-29)50-42(56)65-43(3,4)5)21-48(58)39(63-40(54)28-15-11-10-12-16-28)37-46(9,19-18-31-47(37,25-59-31)64-27(2)52)38-36(33(26)44(48,6)7)61-32(62-38)22-51-23-45(8,57)24-51;1-10-30-56-34-31-24(2)28(55-39(51)33(49)32(27-18-14-15-21-46-27)47-40(52)60-41(4,5)6)22-45(53,42(31,7)8)37(58-38(50)26-16-12-11-13-17-26)35-43(9,36(34)57-30)20-19-29-44(35,23-54-29)59-25(3)48/h10-17,20,30-32,34-39,53,57-58H,18-19,21-25H2,1-9H3,(H,50,56);10-18,21,28-30,32-37,49,53H,1,19-20,22-23H2,2-9H3,(H,47,52)/t30-,31+,32+,34-,35+,36+,37-,38+,39-,46+,47-,48+;28-,29+,30+,32-,33+,34+,35-,36+,37-,43+,44-,45+/m00/s1. The highest BCUT2D eigenvalue weighted by Crippen LogP contribution is 2.70. The summed E-state index contributed by atoms with van der Waals surface area (Å²) in [5.74, 6) is -6.86. The molecule has 32 nitrogen and oxygen atoms in total. The molecular formula is C93H119N5O27. The van der Waals surface area contributed by atoms with Crippen molar-refractivity contribution in [2.24, 2.45) is 33.5 Å². The average molecular weight is 1740 g/mol. The number of nitrogens with zero attached hydrogens (tertiary/aromatic N) is 3. The summed E-state index contributed by atoms with van der Waals surface area (Å²) in [5.41, 5.74) is -11.4. The van der Waals surface area contributed by atoms with Crippen molar-refractivity contribution in [2.45, 2.75) is 293 Å². The number of aliphatic hydroxyl groups is 5. The van der Waals surface area contributed by atoms with Crippen molar-refractivity contribution in [1.82, 2.24) is 25.5 Å². The fourth-order valence-electron chi connectivity index (χ4n) is 22.1. The van der Waals surface area contributed by atoms with E-state index in [0.717, 1.165) is 0 Å². The van der Waals surface area contributed by atoms with Gasteiger partial charge in [-0.25, -0.2) is 28.8 Å². The van der Waals surface area contributed by atoms with E-state index in [-0.39, 0.29) is 48.6 Å². The lowest BCUT2D eigenvalue weighted by Gasteiger charge is -2.68. The zero-order valence-electron chi connectivity index (χ0n) is 73.9. The van der Waals surface area contributed by atoms with E-state index in [2.05, 4.69) is 27.2 Å². The minimum atomic E-state index is -2.10. The van der Waals surface area contributed by atoms with Crippen LogP contribution in [0, 0.1) is 33.5 Å². The zero-order valence-corrected chi connectivity index (χ0v) is 73.9. The molecule has 678 valence electrons. The van der Waals surface area contributed by atoms with Crippen molar-refractivity contribution in [3.8, 4) is 0 Å². The molecule has 7 heterocycles. The maximum atomic E-state index is 14.5. The number of β-amino-alcohol motifs (C(OH)–C–C–N with tert-alkyl or cyclic N) is 1. The number of nitrogens with one attached hydrogen (secondary N) is 2. The highest BCUT2D eigenvalue weighted by Gasteiger charge is 2.80. The molecule has 125 heavy (non-hydrogen) atoms. The molecule has 9 fully saturated rings. The summed E-state index contributed by atoms with van der Waals surface area (Å²) >= 11 is 0. The minimum absolute atomic E-state index is 0.0393. The van der Waals surface area contributed by atoms with Gasteiger partial charge < -0.3 is 102 Å². The van der Waals surface area contributed by atoms with E-state index in [1.54, 1.807) is 147 Å². The summed E-state index contributed by atoms with van der Waals surface area (Å²) < 4.78 is 88.9. The van der Waals surface area contributed by atoms with E-state index >= 15 is 0 Å². The average Bonchev–Trinajstić information content (AvgIpc) is 1.43. The number of pyridine rings is 2. The molecule has 6 aliphatic carbocycles. The summed E-state index contributed by atoms with van der Waals surface area (Å²) in [6.45, 7) is 34.1. The van der Waals surface area contributed by atoms with Gasteiger partial charge in [0, 0.05) is 80.4 Å². The molecule has 5 saturated heterocycles. The van der Waals surface area contributed by atoms with Crippen LogP contribution in [0.15, 0.2) is 144 Å². The van der Waals surface area contributed by atoms with Crippen LogP contribution in [0.5, 0.6) is 0 Å². The first-order valence-corrected chi connectivity index (χ1v) is 42.8. The van der Waals surface area contributed by atoms with Crippen LogP contribution in [-0.2, 0) is 85.5 Å². The minimum Gasteiger partial charge on any atom is -0.456 e. The van der Waals surface area contributed by atoms with Gasteiger partial charge in [0.05, 0.1) is 65.4 Å². The van der Waals surface area contributed by atoms with Crippen molar-refractivity contribution in [1.29, 1.82) is 0 Å². The third kappa shape index (κ3) is 16.8. The molecule has 2 aromatic carbocycles. The van der Waals surface area contributed by atoms with Crippen molar-refractivity contribution >= 4 is 48.0 Å². The van der Waals surface area contributed by atoms with Gasteiger partial charge in [0.1, 0.15) is 83.3 Å². The second-order valence-electron chi connectivity index (χ2n) is 39.2. The number of carbonyl (C=O) groups excluding carboxylic acids is 8. The second-order valence-corrected chi connectivity index (χ2v) is 39.2. The Morgan fingerprint density at radius 3 is 1.30 bits per heavy atom. The molecule has 15 rings (SSSR count). The Hall–Kier alpha value is -9.16. The lowest BCUT2D eigenvalue weighted by Crippen LogP contribution is -2.79. The number of aromatic nitrogens is 2. The Morgan fingerprint density at radius 2 is 0.944 bits per heavy atom. The Bertz CT molecular complexity index is 4820. The Balaban J connectivity index is 0.000000204. The number of fused-ring (bicyclic) bond motifs is 16. The smallest absolute Gasteiger partial charge is 0.408 e. The fraction of sp³-hybridized carbons (Fsp3) is 0.613. The van der Waals surface area contributed by atoms with Crippen molar-refractivity contribution < 1.29 is 130 Å². The lowest BCUT2D eigenvalue weighted by molar-refractivity contribution is -0.345. The molecular weight excluding hydrogens is 1620 g/mol. The normalized spacial score (nSPS) is 35.2. The Kier molecular flexibility index (Phi) is 24.9. The highest BCUT2D eigenvalue weighted by atomic mass is 16.7. The maximum absolute atomic E-state index is 14.5. The van der Waals surface area contributed by atoms with Gasteiger partial charge in [-0.15, -0.1) is 0 Å².